The van der Waals surface area contributed by atoms with Gasteiger partial charge in [0.15, 0.2) is 5.78 Å². The van der Waals surface area contributed by atoms with Crippen LogP contribution in [0.1, 0.15) is 92.8 Å². The SMILES string of the molecule is CCC(=O)c1ccc(COc2ccc(C(O[Si](C)C)C(C)(C)C)c(C(O[Si](C)C)C(C)(C)C)c2)s1. The van der Waals surface area contributed by atoms with Crippen LogP contribution in [0.15, 0.2) is 30.3 Å². The van der Waals surface area contributed by atoms with Crippen molar-refractivity contribution < 1.29 is 18.4 Å². The van der Waals surface area contributed by atoms with E-state index < -0.39 is 18.1 Å². The number of rotatable bonds is 11. The average molecular weight is 533 g/mol. The number of carbonyl (C=O) groups excluding carboxylic acids is 1. The molecule has 2 radical (unpaired) electrons. The van der Waals surface area contributed by atoms with Crippen LogP contribution in [0.2, 0.25) is 26.2 Å². The summed E-state index contributed by atoms with van der Waals surface area (Å²) >= 11 is 1.51. The summed E-state index contributed by atoms with van der Waals surface area (Å²) in [5.41, 5.74) is 2.18. The monoisotopic (exact) mass is 532 g/mol. The zero-order chi connectivity index (χ0) is 26.6. The molecule has 0 N–H and O–H groups in total. The standard InChI is InChI=1S/C28H44O4SSi2/c1-12-23(29)24-16-14-20(33-24)18-30-19-13-15-21(25(27(2,3)4)31-34(8)9)22(17-19)26(28(5,6)7)32-35(10)11/h13-17,25-26H,12,18H2,1-11H3. The molecule has 194 valence electrons. The van der Waals surface area contributed by atoms with Crippen LogP contribution in [0.4, 0.5) is 0 Å². The van der Waals surface area contributed by atoms with Gasteiger partial charge in [-0.3, -0.25) is 4.79 Å². The van der Waals surface area contributed by atoms with Crippen LogP contribution in [-0.2, 0) is 15.5 Å². The molecule has 0 amide bonds. The normalized spacial score (nSPS) is 14.4. The van der Waals surface area contributed by atoms with Crippen LogP contribution in [0.3, 0.4) is 0 Å². The molecule has 1 aromatic heterocycles. The molecular formula is C28H44O4SSi2. The Balaban J connectivity index is 2.50. The van der Waals surface area contributed by atoms with Gasteiger partial charge in [0.25, 0.3) is 0 Å². The predicted octanol–water partition coefficient (Wildman–Crippen LogP) is 8.63. The molecule has 7 heteroatoms. The first-order chi connectivity index (χ1) is 16.1. The van der Waals surface area contributed by atoms with Gasteiger partial charge in [0, 0.05) is 11.3 Å². The summed E-state index contributed by atoms with van der Waals surface area (Å²) in [6.07, 6.45) is 0.416. The van der Waals surface area contributed by atoms with E-state index in [9.17, 15) is 4.79 Å². The lowest BCUT2D eigenvalue weighted by Gasteiger charge is -2.39. The minimum atomic E-state index is -0.943. The second kappa shape index (κ2) is 12.3. The van der Waals surface area contributed by atoms with E-state index in [-0.39, 0.29) is 28.8 Å². The van der Waals surface area contributed by atoms with Crippen LogP contribution in [0.5, 0.6) is 5.75 Å². The van der Waals surface area contributed by atoms with Gasteiger partial charge in [-0.15, -0.1) is 11.3 Å². The van der Waals surface area contributed by atoms with E-state index in [2.05, 4.69) is 79.9 Å². The van der Waals surface area contributed by atoms with Gasteiger partial charge < -0.3 is 13.6 Å². The Labute approximate surface area is 220 Å². The molecule has 2 atom stereocenters. The molecular weight excluding hydrogens is 489 g/mol. The van der Waals surface area contributed by atoms with Crippen molar-refractivity contribution in [2.75, 3.05) is 0 Å². The van der Waals surface area contributed by atoms with Gasteiger partial charge in [0.1, 0.15) is 12.4 Å². The lowest BCUT2D eigenvalue weighted by Crippen LogP contribution is -2.31. The summed E-state index contributed by atoms with van der Waals surface area (Å²) in [7, 11) is -1.86. The Morgan fingerprint density at radius 2 is 1.40 bits per heavy atom. The van der Waals surface area contributed by atoms with Gasteiger partial charge in [0.05, 0.1) is 17.1 Å². The number of thiophene rings is 1. The molecule has 1 aromatic carbocycles. The van der Waals surface area contributed by atoms with Crippen LogP contribution in [0, 0.1) is 10.8 Å². The van der Waals surface area contributed by atoms with Crippen molar-refractivity contribution in [3.05, 3.63) is 51.2 Å². The minimum Gasteiger partial charge on any atom is -0.488 e. The van der Waals surface area contributed by atoms with Crippen molar-refractivity contribution in [3.63, 3.8) is 0 Å². The molecule has 35 heavy (non-hydrogen) atoms. The predicted molar refractivity (Wildman–Crippen MR) is 151 cm³/mol. The summed E-state index contributed by atoms with van der Waals surface area (Å²) in [4.78, 5) is 13.9. The van der Waals surface area contributed by atoms with Crippen LogP contribution >= 0.6 is 11.3 Å². The third kappa shape index (κ3) is 8.67. The van der Waals surface area contributed by atoms with Gasteiger partial charge in [-0.05, 0) is 72.4 Å². The van der Waals surface area contributed by atoms with E-state index >= 15 is 0 Å². The van der Waals surface area contributed by atoms with Crippen molar-refractivity contribution in [2.24, 2.45) is 10.8 Å². The smallest absolute Gasteiger partial charge is 0.205 e. The number of Topliss-reactive ketones (excluding diaryl/α,β-unsaturated/α-hetero) is 1. The van der Waals surface area contributed by atoms with Crippen LogP contribution in [-0.4, -0.2) is 23.9 Å². The van der Waals surface area contributed by atoms with E-state index in [1.165, 1.54) is 16.9 Å². The average Bonchev–Trinajstić information content (AvgIpc) is 3.21. The number of benzene rings is 1. The first-order valence-electron chi connectivity index (χ1n) is 12.5. The highest BCUT2D eigenvalue weighted by Gasteiger charge is 2.36. The first kappa shape index (κ1) is 30.0. The molecule has 2 rings (SSSR count). The molecule has 0 fully saturated rings. The molecule has 0 spiro atoms. The van der Waals surface area contributed by atoms with E-state index in [4.69, 9.17) is 13.6 Å². The second-order valence-corrected chi connectivity index (χ2v) is 16.9. The maximum absolute atomic E-state index is 12.0. The van der Waals surface area contributed by atoms with Gasteiger partial charge >= 0.3 is 0 Å². The Kier molecular flexibility index (Phi) is 10.6. The number of hydrogen-bond acceptors (Lipinski definition) is 5. The number of hydrogen-bond donors (Lipinski definition) is 0. The van der Waals surface area contributed by atoms with Crippen LogP contribution in [0.25, 0.3) is 0 Å². The number of ketones is 1. The highest BCUT2D eigenvalue weighted by atomic mass is 32.1. The zero-order valence-electron chi connectivity index (χ0n) is 23.5. The molecule has 4 nitrogen and oxygen atoms in total. The number of carbonyl (C=O) groups is 1. The quantitative estimate of drug-likeness (QED) is 0.215. The van der Waals surface area contributed by atoms with Crippen molar-refractivity contribution in [1.29, 1.82) is 0 Å². The van der Waals surface area contributed by atoms with Gasteiger partial charge in [-0.1, -0.05) is 54.5 Å². The molecule has 0 aliphatic rings. The largest absolute Gasteiger partial charge is 0.488 e. The van der Waals surface area contributed by atoms with Crippen molar-refractivity contribution >= 4 is 35.2 Å². The molecule has 2 aromatic rings. The Morgan fingerprint density at radius 3 is 1.89 bits per heavy atom. The molecule has 0 aliphatic carbocycles. The van der Waals surface area contributed by atoms with Crippen molar-refractivity contribution in [1.82, 2.24) is 0 Å². The molecule has 0 aliphatic heterocycles. The first-order valence-corrected chi connectivity index (χ1v) is 18.1. The van der Waals surface area contributed by atoms with E-state index in [1.54, 1.807) is 0 Å². The Bertz CT molecular complexity index is 970. The highest BCUT2D eigenvalue weighted by Crippen LogP contribution is 2.46. The Morgan fingerprint density at radius 1 is 0.857 bits per heavy atom. The fourth-order valence-electron chi connectivity index (χ4n) is 3.93. The molecule has 1 heterocycles. The summed E-state index contributed by atoms with van der Waals surface area (Å²) < 4.78 is 19.5. The zero-order valence-corrected chi connectivity index (χ0v) is 26.3. The summed E-state index contributed by atoms with van der Waals surface area (Å²) in [5.74, 6) is 0.987. The lowest BCUT2D eigenvalue weighted by atomic mass is 9.77. The topological polar surface area (TPSA) is 44.8 Å². The maximum atomic E-state index is 12.0. The second-order valence-electron chi connectivity index (χ2n) is 11.7. The van der Waals surface area contributed by atoms with E-state index in [1.807, 2.05) is 25.1 Å². The maximum Gasteiger partial charge on any atom is 0.205 e. The molecule has 0 saturated carbocycles. The number of ether oxygens (including phenoxy) is 1. The van der Waals surface area contributed by atoms with Crippen molar-refractivity contribution in [2.45, 2.75) is 99.9 Å². The molecule has 0 saturated heterocycles. The fraction of sp³-hybridized carbons (Fsp3) is 0.607. The fourth-order valence-corrected chi connectivity index (χ4v) is 6.76. The van der Waals surface area contributed by atoms with Gasteiger partial charge in [-0.2, -0.15) is 0 Å². The lowest BCUT2D eigenvalue weighted by molar-refractivity contribution is 0.0653. The summed E-state index contributed by atoms with van der Waals surface area (Å²) in [6.45, 7) is 24.5. The summed E-state index contributed by atoms with van der Waals surface area (Å²) in [5, 5.41) is 0. The highest BCUT2D eigenvalue weighted by molar-refractivity contribution is 7.14. The summed E-state index contributed by atoms with van der Waals surface area (Å²) in [6, 6.07) is 10.3. The third-order valence-electron chi connectivity index (χ3n) is 5.54. The van der Waals surface area contributed by atoms with E-state index in [0.717, 1.165) is 21.1 Å². The molecule has 2 unspecified atom stereocenters. The van der Waals surface area contributed by atoms with Crippen LogP contribution < -0.4 is 4.74 Å². The van der Waals surface area contributed by atoms with Crippen molar-refractivity contribution in [3.8, 4) is 5.75 Å². The van der Waals surface area contributed by atoms with Gasteiger partial charge in [0.2, 0.25) is 18.1 Å². The van der Waals surface area contributed by atoms with Gasteiger partial charge in [-0.25, -0.2) is 0 Å². The molecule has 0 bridgehead atoms. The third-order valence-corrected chi connectivity index (χ3v) is 8.06. The Hall–Kier alpha value is -1.26. The minimum absolute atomic E-state index is 0.0341. The van der Waals surface area contributed by atoms with E-state index in [0.29, 0.717) is 13.0 Å².